The second-order valence-corrected chi connectivity index (χ2v) is 4.77. The Bertz CT molecular complexity index is 885. The van der Waals surface area contributed by atoms with Gasteiger partial charge >= 0.3 is 0 Å². The summed E-state index contributed by atoms with van der Waals surface area (Å²) in [4.78, 5) is 14.3. The van der Waals surface area contributed by atoms with Crippen LogP contribution in [-0.4, -0.2) is 10.9 Å². The van der Waals surface area contributed by atoms with Crippen molar-refractivity contribution in [2.24, 2.45) is 5.73 Å². The van der Waals surface area contributed by atoms with Crippen LogP contribution in [0.5, 0.6) is 0 Å². The molecule has 0 radical (unpaired) electrons. The zero-order valence-electron chi connectivity index (χ0n) is 11.1. The van der Waals surface area contributed by atoms with Crippen LogP contribution in [0.1, 0.15) is 16.1 Å². The van der Waals surface area contributed by atoms with Gasteiger partial charge in [-0.05, 0) is 35.9 Å². The molecule has 5 nitrogen and oxygen atoms in total. The summed E-state index contributed by atoms with van der Waals surface area (Å²) in [5.41, 5.74) is 15.0. The largest absolute Gasteiger partial charge is 0.399 e. The number of fused-ring (bicyclic) bond motifs is 1. The van der Waals surface area contributed by atoms with E-state index in [2.05, 4.69) is 11.1 Å². The van der Waals surface area contributed by atoms with Crippen LogP contribution in [0.25, 0.3) is 22.0 Å². The lowest BCUT2D eigenvalue weighted by Gasteiger charge is -2.05. The van der Waals surface area contributed by atoms with E-state index < -0.39 is 5.91 Å². The molecule has 0 saturated heterocycles. The molecule has 0 saturated carbocycles. The maximum absolute atomic E-state index is 11.3. The number of anilines is 1. The van der Waals surface area contributed by atoms with Gasteiger partial charge in [0, 0.05) is 16.6 Å². The van der Waals surface area contributed by atoms with Gasteiger partial charge in [-0.3, -0.25) is 4.79 Å². The van der Waals surface area contributed by atoms with Gasteiger partial charge in [-0.1, -0.05) is 12.1 Å². The highest BCUT2D eigenvalue weighted by Gasteiger charge is 2.12. The molecule has 1 heterocycles. The predicted molar refractivity (Wildman–Crippen MR) is 81.4 cm³/mol. The van der Waals surface area contributed by atoms with Crippen LogP contribution >= 0.6 is 0 Å². The highest BCUT2D eigenvalue weighted by atomic mass is 16.1. The van der Waals surface area contributed by atoms with E-state index in [9.17, 15) is 4.79 Å². The van der Waals surface area contributed by atoms with Crippen molar-refractivity contribution in [3.05, 3.63) is 53.7 Å². The summed E-state index contributed by atoms with van der Waals surface area (Å²) in [5.74, 6) is -0.534. The maximum Gasteiger partial charge on any atom is 0.265 e. The number of carbonyl (C=O) groups is 1. The van der Waals surface area contributed by atoms with Crippen LogP contribution in [0.15, 0.2) is 42.5 Å². The summed E-state index contributed by atoms with van der Waals surface area (Å²) in [6, 6.07) is 14.6. The number of rotatable bonds is 2. The normalized spacial score (nSPS) is 10.4. The van der Waals surface area contributed by atoms with Gasteiger partial charge in [0.25, 0.3) is 5.91 Å². The molecule has 1 aromatic heterocycles. The monoisotopic (exact) mass is 276 g/mol. The molecule has 0 spiro atoms. The van der Waals surface area contributed by atoms with E-state index in [0.717, 1.165) is 22.0 Å². The van der Waals surface area contributed by atoms with Gasteiger partial charge in [0.1, 0.15) is 5.69 Å². The van der Waals surface area contributed by atoms with Crippen LogP contribution < -0.4 is 11.5 Å². The van der Waals surface area contributed by atoms with Crippen molar-refractivity contribution in [1.82, 2.24) is 4.98 Å². The third-order valence-corrected chi connectivity index (χ3v) is 3.34. The molecular formula is C16H12N4O. The first-order chi connectivity index (χ1) is 10.1. The number of nitriles is 1. The molecule has 0 atom stereocenters. The van der Waals surface area contributed by atoms with Gasteiger partial charge in [-0.15, -0.1) is 0 Å². The van der Waals surface area contributed by atoms with Crippen LogP contribution in [0.4, 0.5) is 5.69 Å². The molecule has 21 heavy (non-hydrogen) atoms. The van der Waals surface area contributed by atoms with Crippen molar-refractivity contribution < 1.29 is 4.79 Å². The topological polar surface area (TPSA) is 109 Å². The summed E-state index contributed by atoms with van der Waals surface area (Å²) in [5, 5.41) is 9.93. The first kappa shape index (κ1) is 12.8. The molecule has 5 heteroatoms. The second kappa shape index (κ2) is 4.69. The maximum atomic E-state index is 11.3. The van der Waals surface area contributed by atoms with Crippen molar-refractivity contribution in [2.45, 2.75) is 0 Å². The molecule has 5 N–H and O–H groups in total. The van der Waals surface area contributed by atoms with Gasteiger partial charge in [0.15, 0.2) is 0 Å². The fourth-order valence-corrected chi connectivity index (χ4v) is 2.33. The first-order valence-electron chi connectivity index (χ1n) is 6.31. The van der Waals surface area contributed by atoms with E-state index in [4.69, 9.17) is 16.7 Å². The number of nitrogens with one attached hydrogen (secondary N) is 1. The number of nitrogens with zero attached hydrogens (tertiary/aromatic N) is 1. The Morgan fingerprint density at radius 3 is 2.48 bits per heavy atom. The van der Waals surface area contributed by atoms with Crippen LogP contribution in [0, 0.1) is 11.3 Å². The minimum absolute atomic E-state index is 0.316. The predicted octanol–water partition coefficient (Wildman–Crippen LogP) is 2.39. The number of carbonyl (C=O) groups excluding carboxylic acids is 1. The molecule has 3 aromatic rings. The molecule has 102 valence electrons. The third-order valence-electron chi connectivity index (χ3n) is 3.34. The van der Waals surface area contributed by atoms with Crippen LogP contribution in [0.2, 0.25) is 0 Å². The Kier molecular flexibility index (Phi) is 2.85. The van der Waals surface area contributed by atoms with Crippen molar-refractivity contribution in [3.8, 4) is 17.2 Å². The van der Waals surface area contributed by atoms with Gasteiger partial charge in [0.05, 0.1) is 17.1 Å². The van der Waals surface area contributed by atoms with Crippen molar-refractivity contribution in [3.63, 3.8) is 0 Å². The number of H-pyrrole nitrogens is 1. The highest BCUT2D eigenvalue weighted by Crippen LogP contribution is 2.30. The molecule has 3 rings (SSSR count). The van der Waals surface area contributed by atoms with Gasteiger partial charge in [-0.2, -0.15) is 5.26 Å². The van der Waals surface area contributed by atoms with E-state index in [1.165, 1.54) is 0 Å². The lowest BCUT2D eigenvalue weighted by molar-refractivity contribution is 0.0996. The standard InChI is InChI=1S/C16H12N4O/c17-8-9-5-11-7-14(16(19)21)20-15(11)13(6-9)10-1-3-12(18)4-2-10/h1-7,20H,18H2,(H2,19,21). The second-order valence-electron chi connectivity index (χ2n) is 4.77. The highest BCUT2D eigenvalue weighted by molar-refractivity contribution is 6.02. The molecule has 2 aromatic carbocycles. The molecule has 0 bridgehead atoms. The Labute approximate surface area is 120 Å². The molecule has 0 aliphatic carbocycles. The molecule has 0 aliphatic heterocycles. The SMILES string of the molecule is N#Cc1cc(-c2ccc(N)cc2)c2[nH]c(C(N)=O)cc2c1. The molecule has 0 fully saturated rings. The Morgan fingerprint density at radius 1 is 1.14 bits per heavy atom. The zero-order valence-corrected chi connectivity index (χ0v) is 11.1. The smallest absolute Gasteiger partial charge is 0.265 e. The summed E-state index contributed by atoms with van der Waals surface area (Å²) in [6.45, 7) is 0. The van der Waals surface area contributed by atoms with Gasteiger partial charge < -0.3 is 16.5 Å². The summed E-state index contributed by atoms with van der Waals surface area (Å²) < 4.78 is 0. The number of hydrogen-bond acceptors (Lipinski definition) is 3. The Morgan fingerprint density at radius 2 is 1.86 bits per heavy atom. The number of hydrogen-bond donors (Lipinski definition) is 3. The first-order valence-corrected chi connectivity index (χ1v) is 6.31. The van der Waals surface area contributed by atoms with E-state index >= 15 is 0 Å². The number of nitrogens with two attached hydrogens (primary N) is 2. The minimum Gasteiger partial charge on any atom is -0.399 e. The lowest BCUT2D eigenvalue weighted by atomic mass is 10.00. The van der Waals surface area contributed by atoms with E-state index in [0.29, 0.717) is 16.9 Å². The van der Waals surface area contributed by atoms with Crippen LogP contribution in [0.3, 0.4) is 0 Å². The molecule has 1 amide bonds. The Balaban J connectivity index is 2.31. The third kappa shape index (κ3) is 2.19. The zero-order chi connectivity index (χ0) is 15.0. The van der Waals surface area contributed by atoms with Crippen molar-refractivity contribution in [2.75, 3.05) is 5.73 Å². The molecular weight excluding hydrogens is 264 g/mol. The Hall–Kier alpha value is -3.26. The fourth-order valence-electron chi connectivity index (χ4n) is 2.33. The van der Waals surface area contributed by atoms with Crippen LogP contribution in [-0.2, 0) is 0 Å². The average molecular weight is 276 g/mol. The van der Waals surface area contributed by atoms with Gasteiger partial charge in [-0.25, -0.2) is 0 Å². The number of aromatic amines is 1. The fraction of sp³-hybridized carbons (Fsp3) is 0. The number of aromatic nitrogens is 1. The minimum atomic E-state index is -0.534. The summed E-state index contributed by atoms with van der Waals surface area (Å²) in [7, 11) is 0. The van der Waals surface area contributed by atoms with E-state index in [1.807, 2.05) is 12.1 Å². The number of amides is 1. The number of nitrogen functional groups attached to an aromatic ring is 1. The van der Waals surface area contributed by atoms with Crippen molar-refractivity contribution in [1.29, 1.82) is 5.26 Å². The summed E-state index contributed by atoms with van der Waals surface area (Å²) in [6.07, 6.45) is 0. The summed E-state index contributed by atoms with van der Waals surface area (Å²) >= 11 is 0. The number of primary amides is 1. The molecule has 0 unspecified atom stereocenters. The van der Waals surface area contributed by atoms with Gasteiger partial charge in [0.2, 0.25) is 0 Å². The average Bonchev–Trinajstić information content (AvgIpc) is 2.91. The lowest BCUT2D eigenvalue weighted by Crippen LogP contribution is -2.10. The van der Waals surface area contributed by atoms with Crippen molar-refractivity contribution >= 4 is 22.5 Å². The van der Waals surface area contributed by atoms with E-state index in [1.54, 1.807) is 30.3 Å². The molecule has 0 aliphatic rings. The quantitative estimate of drug-likeness (QED) is 0.625. The van der Waals surface area contributed by atoms with E-state index in [-0.39, 0.29) is 0 Å². The number of benzene rings is 2.